The lowest BCUT2D eigenvalue weighted by molar-refractivity contribution is -0.141. The Balaban J connectivity index is 2.02. The number of nitrogens with zero attached hydrogens (tertiary/aromatic N) is 1. The second-order valence-electron chi connectivity index (χ2n) is 4.91. The molecular weight excluding hydrogens is 236 g/mol. The SMILES string of the molecule is O=C(O)CC1COCCN1C1CCCNC(=O)C1. The predicted octanol–water partition coefficient (Wildman–Crippen LogP) is -0.169. The first-order valence-electron chi connectivity index (χ1n) is 6.49. The number of carboxylic acid groups (broad SMARTS) is 1. The van der Waals surface area contributed by atoms with E-state index in [1.165, 1.54) is 0 Å². The van der Waals surface area contributed by atoms with E-state index in [0.29, 0.717) is 19.6 Å². The van der Waals surface area contributed by atoms with Crippen molar-refractivity contribution in [3.05, 3.63) is 0 Å². The van der Waals surface area contributed by atoms with Gasteiger partial charge in [0.25, 0.3) is 0 Å². The summed E-state index contributed by atoms with van der Waals surface area (Å²) in [7, 11) is 0. The third-order valence-corrected chi connectivity index (χ3v) is 3.61. The highest BCUT2D eigenvalue weighted by molar-refractivity contribution is 5.76. The van der Waals surface area contributed by atoms with E-state index in [-0.39, 0.29) is 24.4 Å². The number of morpholine rings is 1. The normalized spacial score (nSPS) is 30.6. The molecule has 0 aromatic heterocycles. The molecule has 0 saturated carbocycles. The number of carbonyl (C=O) groups excluding carboxylic acids is 1. The maximum Gasteiger partial charge on any atom is 0.305 e. The summed E-state index contributed by atoms with van der Waals surface area (Å²) >= 11 is 0. The third-order valence-electron chi connectivity index (χ3n) is 3.61. The van der Waals surface area contributed by atoms with E-state index in [2.05, 4.69) is 10.2 Å². The first-order chi connectivity index (χ1) is 8.66. The molecule has 6 heteroatoms. The van der Waals surface area contributed by atoms with Crippen LogP contribution in [0.2, 0.25) is 0 Å². The first-order valence-corrected chi connectivity index (χ1v) is 6.49. The average molecular weight is 256 g/mol. The third kappa shape index (κ3) is 3.43. The van der Waals surface area contributed by atoms with Crippen LogP contribution in [-0.4, -0.2) is 60.3 Å². The van der Waals surface area contributed by atoms with Gasteiger partial charge < -0.3 is 15.2 Å². The fourth-order valence-corrected chi connectivity index (χ4v) is 2.76. The molecule has 2 unspecified atom stereocenters. The van der Waals surface area contributed by atoms with Gasteiger partial charge in [0.2, 0.25) is 5.91 Å². The highest BCUT2D eigenvalue weighted by Gasteiger charge is 2.32. The molecule has 2 saturated heterocycles. The second kappa shape index (κ2) is 6.15. The summed E-state index contributed by atoms with van der Waals surface area (Å²) in [5.74, 6) is -0.744. The minimum absolute atomic E-state index is 0.0677. The molecule has 0 aromatic carbocycles. The number of ether oxygens (including phenoxy) is 1. The Morgan fingerprint density at radius 1 is 1.56 bits per heavy atom. The lowest BCUT2D eigenvalue weighted by Crippen LogP contribution is -2.52. The zero-order valence-corrected chi connectivity index (χ0v) is 10.4. The molecule has 2 aliphatic rings. The fourth-order valence-electron chi connectivity index (χ4n) is 2.76. The summed E-state index contributed by atoms with van der Waals surface area (Å²) in [6.45, 7) is 2.51. The second-order valence-corrected chi connectivity index (χ2v) is 4.91. The molecule has 102 valence electrons. The number of hydrogen-bond donors (Lipinski definition) is 2. The maximum absolute atomic E-state index is 11.6. The van der Waals surface area contributed by atoms with Crippen LogP contribution in [0.25, 0.3) is 0 Å². The molecule has 2 heterocycles. The van der Waals surface area contributed by atoms with E-state index in [1.54, 1.807) is 0 Å². The van der Waals surface area contributed by atoms with Gasteiger partial charge in [-0.15, -0.1) is 0 Å². The highest BCUT2D eigenvalue weighted by atomic mass is 16.5. The van der Waals surface area contributed by atoms with Crippen LogP contribution < -0.4 is 5.32 Å². The molecule has 2 aliphatic heterocycles. The summed E-state index contributed by atoms with van der Waals surface area (Å²) in [6.07, 6.45) is 2.44. The number of amides is 1. The van der Waals surface area contributed by atoms with Crippen molar-refractivity contribution in [1.82, 2.24) is 10.2 Å². The van der Waals surface area contributed by atoms with Crippen molar-refractivity contribution in [2.75, 3.05) is 26.3 Å². The Bertz CT molecular complexity index is 321. The monoisotopic (exact) mass is 256 g/mol. The molecule has 0 aliphatic carbocycles. The van der Waals surface area contributed by atoms with Crippen LogP contribution in [0.3, 0.4) is 0 Å². The molecule has 2 fully saturated rings. The van der Waals surface area contributed by atoms with Crippen LogP contribution in [0, 0.1) is 0 Å². The minimum atomic E-state index is -0.812. The molecule has 2 N–H and O–H groups in total. The predicted molar refractivity (Wildman–Crippen MR) is 64.2 cm³/mol. The van der Waals surface area contributed by atoms with Gasteiger partial charge in [-0.25, -0.2) is 0 Å². The molecule has 2 atom stereocenters. The molecule has 2 rings (SSSR count). The number of carbonyl (C=O) groups is 2. The summed E-state index contributed by atoms with van der Waals surface area (Å²) in [5, 5.41) is 11.8. The van der Waals surface area contributed by atoms with Crippen LogP contribution in [0.5, 0.6) is 0 Å². The lowest BCUT2D eigenvalue weighted by Gasteiger charge is -2.39. The van der Waals surface area contributed by atoms with Crippen LogP contribution >= 0.6 is 0 Å². The van der Waals surface area contributed by atoms with Gasteiger partial charge in [0.1, 0.15) is 0 Å². The van der Waals surface area contributed by atoms with Gasteiger partial charge in [0, 0.05) is 31.6 Å². The lowest BCUT2D eigenvalue weighted by atomic mass is 10.0. The van der Waals surface area contributed by atoms with Gasteiger partial charge in [-0.2, -0.15) is 0 Å². The van der Waals surface area contributed by atoms with E-state index in [4.69, 9.17) is 9.84 Å². The van der Waals surface area contributed by atoms with E-state index < -0.39 is 5.97 Å². The quantitative estimate of drug-likeness (QED) is 0.733. The van der Waals surface area contributed by atoms with Gasteiger partial charge in [-0.1, -0.05) is 0 Å². The number of nitrogens with one attached hydrogen (secondary N) is 1. The van der Waals surface area contributed by atoms with Crippen molar-refractivity contribution in [3.8, 4) is 0 Å². The van der Waals surface area contributed by atoms with Gasteiger partial charge in [-0.3, -0.25) is 14.5 Å². The van der Waals surface area contributed by atoms with Crippen LogP contribution in [0.15, 0.2) is 0 Å². The van der Waals surface area contributed by atoms with Crippen molar-refractivity contribution >= 4 is 11.9 Å². The summed E-state index contributed by atoms with van der Waals surface area (Å²) in [6, 6.07) is 0.0490. The van der Waals surface area contributed by atoms with Gasteiger partial charge >= 0.3 is 5.97 Å². The summed E-state index contributed by atoms with van der Waals surface area (Å²) in [4.78, 5) is 24.6. The number of rotatable bonds is 3. The van der Waals surface area contributed by atoms with Crippen molar-refractivity contribution in [1.29, 1.82) is 0 Å². The van der Waals surface area contributed by atoms with E-state index >= 15 is 0 Å². The Labute approximate surface area is 106 Å². The molecule has 18 heavy (non-hydrogen) atoms. The molecule has 1 amide bonds. The Morgan fingerprint density at radius 3 is 3.17 bits per heavy atom. The zero-order valence-electron chi connectivity index (χ0n) is 10.4. The standard InChI is InChI=1S/C12H20N2O4/c15-11-6-9(2-1-3-13-11)14-4-5-18-8-10(14)7-12(16)17/h9-10H,1-8H2,(H,13,15)(H,16,17). The van der Waals surface area contributed by atoms with Gasteiger partial charge in [0.05, 0.1) is 19.6 Å². The van der Waals surface area contributed by atoms with Gasteiger partial charge in [0.15, 0.2) is 0 Å². The maximum atomic E-state index is 11.6. The summed E-state index contributed by atoms with van der Waals surface area (Å²) < 4.78 is 5.36. The van der Waals surface area contributed by atoms with Crippen LogP contribution in [0.1, 0.15) is 25.7 Å². The van der Waals surface area contributed by atoms with Crippen molar-refractivity contribution in [2.45, 2.75) is 37.8 Å². The van der Waals surface area contributed by atoms with Crippen molar-refractivity contribution < 1.29 is 19.4 Å². The molecule has 6 nitrogen and oxygen atoms in total. The highest BCUT2D eigenvalue weighted by Crippen LogP contribution is 2.21. The van der Waals surface area contributed by atoms with E-state index in [0.717, 1.165) is 25.9 Å². The van der Waals surface area contributed by atoms with Crippen LogP contribution in [0.4, 0.5) is 0 Å². The van der Waals surface area contributed by atoms with Gasteiger partial charge in [-0.05, 0) is 12.8 Å². The van der Waals surface area contributed by atoms with Crippen molar-refractivity contribution in [2.24, 2.45) is 0 Å². The number of carboxylic acids is 1. The smallest absolute Gasteiger partial charge is 0.305 e. The van der Waals surface area contributed by atoms with Crippen LogP contribution in [-0.2, 0) is 14.3 Å². The largest absolute Gasteiger partial charge is 0.481 e. The van der Waals surface area contributed by atoms with Crippen molar-refractivity contribution in [3.63, 3.8) is 0 Å². The molecule has 0 aromatic rings. The molecular formula is C12H20N2O4. The van der Waals surface area contributed by atoms with E-state index in [9.17, 15) is 9.59 Å². The zero-order chi connectivity index (χ0) is 13.0. The molecule has 0 bridgehead atoms. The topological polar surface area (TPSA) is 78.9 Å². The Morgan fingerprint density at radius 2 is 2.39 bits per heavy atom. The Hall–Kier alpha value is -1.14. The summed E-state index contributed by atoms with van der Waals surface area (Å²) in [5.41, 5.74) is 0. The Kier molecular flexibility index (Phi) is 4.54. The fraction of sp³-hybridized carbons (Fsp3) is 0.833. The van der Waals surface area contributed by atoms with E-state index in [1.807, 2.05) is 0 Å². The molecule has 0 spiro atoms. The minimum Gasteiger partial charge on any atom is -0.481 e. The number of hydrogen-bond acceptors (Lipinski definition) is 4. The first kappa shape index (κ1) is 13.3. The number of aliphatic carboxylic acids is 1. The average Bonchev–Trinajstić information content (AvgIpc) is 2.54. The molecule has 0 radical (unpaired) electrons.